The van der Waals surface area contributed by atoms with Gasteiger partial charge in [-0.2, -0.15) is 18.3 Å². The van der Waals surface area contributed by atoms with Gasteiger partial charge in [0.15, 0.2) is 0 Å². The number of carbonyl (C=O) groups is 3. The molecular weight excluding hydrogens is 671 g/mol. The van der Waals surface area contributed by atoms with Gasteiger partial charge in [-0.15, -0.1) is 0 Å². The first-order valence-electron chi connectivity index (χ1n) is 16.3. The lowest BCUT2D eigenvalue weighted by atomic mass is 9.81. The van der Waals surface area contributed by atoms with Crippen molar-refractivity contribution in [1.29, 1.82) is 0 Å². The van der Waals surface area contributed by atoms with Crippen LogP contribution in [0.2, 0.25) is 0 Å². The molecule has 2 aliphatic rings. The second-order valence-electron chi connectivity index (χ2n) is 12.7. The molecule has 14 heteroatoms. The summed E-state index contributed by atoms with van der Waals surface area (Å²) in [6.07, 6.45) is -4.99. The lowest BCUT2D eigenvalue weighted by Gasteiger charge is -2.38. The van der Waals surface area contributed by atoms with Crippen molar-refractivity contribution in [2.24, 2.45) is 0 Å². The van der Waals surface area contributed by atoms with Crippen molar-refractivity contribution in [3.63, 3.8) is 0 Å². The summed E-state index contributed by atoms with van der Waals surface area (Å²) in [6.45, 7) is 7.12. The van der Waals surface area contributed by atoms with Crippen LogP contribution in [0.4, 0.5) is 33.5 Å². The number of likely N-dealkylation sites (tertiary alicyclic amines) is 1. The Morgan fingerprint density at radius 1 is 1.02 bits per heavy atom. The molecule has 1 saturated heterocycles. The molecule has 51 heavy (non-hydrogen) atoms. The van der Waals surface area contributed by atoms with Crippen LogP contribution in [0.3, 0.4) is 0 Å². The molecule has 2 N–H and O–H groups in total. The zero-order chi connectivity index (χ0) is 36.7. The molecule has 0 saturated carbocycles. The Bertz CT molecular complexity index is 1990. The maximum atomic E-state index is 14.4. The largest absolute Gasteiger partial charge is 0.416 e. The Hall–Kier alpha value is -5.37. The number of alkyl halides is 5. The molecule has 266 valence electrons. The Kier molecular flexibility index (Phi) is 9.55. The topological polar surface area (TPSA) is 99.6 Å². The van der Waals surface area contributed by atoms with Crippen molar-refractivity contribution in [3.8, 4) is 5.69 Å². The van der Waals surface area contributed by atoms with Crippen LogP contribution in [-0.2, 0) is 15.8 Å². The van der Waals surface area contributed by atoms with E-state index in [4.69, 9.17) is 5.10 Å². The van der Waals surface area contributed by atoms with Gasteiger partial charge in [-0.05, 0) is 61.9 Å². The molecule has 0 aliphatic carbocycles. The minimum absolute atomic E-state index is 0.0457. The molecular formula is C37H35F5N6O3. The smallest absolute Gasteiger partial charge is 0.339 e. The highest BCUT2D eigenvalue weighted by atomic mass is 19.4. The minimum atomic E-state index is -4.69. The minimum Gasteiger partial charge on any atom is -0.339 e. The average molecular weight is 707 g/mol. The number of aryl methyl sites for hydroxylation is 1. The Morgan fingerprint density at radius 3 is 2.41 bits per heavy atom. The summed E-state index contributed by atoms with van der Waals surface area (Å²) < 4.78 is 69.6. The van der Waals surface area contributed by atoms with E-state index in [-0.39, 0.29) is 37.2 Å². The molecule has 3 amide bonds. The van der Waals surface area contributed by atoms with Crippen LogP contribution >= 0.6 is 0 Å². The Balaban J connectivity index is 1.39. The van der Waals surface area contributed by atoms with Crippen molar-refractivity contribution >= 4 is 29.2 Å². The van der Waals surface area contributed by atoms with E-state index in [0.717, 1.165) is 18.2 Å². The SMILES string of the molecule is C=C(CN1CCC(F)(F)C1)C(=O)Nc1cccc([C@@H]2c3c(C)nn(-c4ccccc4)c3N(CC)C(=O)[C@H]2NC(=O)c2cccc(C(F)(F)F)c2)c1. The number of nitrogens with zero attached hydrogens (tertiary/aromatic N) is 4. The van der Waals surface area contributed by atoms with Gasteiger partial charge in [-0.1, -0.05) is 43.0 Å². The van der Waals surface area contributed by atoms with Crippen LogP contribution in [0.25, 0.3) is 5.69 Å². The van der Waals surface area contributed by atoms with E-state index < -0.39 is 53.9 Å². The number of amides is 3. The van der Waals surface area contributed by atoms with Crippen LogP contribution in [0.5, 0.6) is 0 Å². The van der Waals surface area contributed by atoms with Gasteiger partial charge in [0.1, 0.15) is 11.9 Å². The second-order valence-corrected chi connectivity index (χ2v) is 12.7. The van der Waals surface area contributed by atoms with E-state index in [9.17, 15) is 36.3 Å². The molecule has 1 fully saturated rings. The van der Waals surface area contributed by atoms with Gasteiger partial charge < -0.3 is 10.6 Å². The Morgan fingerprint density at radius 2 is 1.75 bits per heavy atom. The molecule has 9 nitrogen and oxygen atoms in total. The number of likely N-dealkylation sites (N-methyl/N-ethyl adjacent to an activating group) is 1. The fourth-order valence-electron chi connectivity index (χ4n) is 6.67. The van der Waals surface area contributed by atoms with Gasteiger partial charge in [-0.3, -0.25) is 24.2 Å². The number of hydrogen-bond acceptors (Lipinski definition) is 5. The summed E-state index contributed by atoms with van der Waals surface area (Å²) in [7, 11) is 0. The molecule has 0 spiro atoms. The van der Waals surface area contributed by atoms with Gasteiger partial charge in [0.2, 0.25) is 0 Å². The fourth-order valence-corrected chi connectivity index (χ4v) is 6.67. The molecule has 0 bridgehead atoms. The highest BCUT2D eigenvalue weighted by Gasteiger charge is 2.46. The molecule has 3 aromatic carbocycles. The first-order chi connectivity index (χ1) is 24.2. The Labute approximate surface area is 290 Å². The molecule has 3 heterocycles. The normalized spacial score (nSPS) is 18.7. The number of nitrogens with one attached hydrogen (secondary N) is 2. The lowest BCUT2D eigenvalue weighted by Crippen LogP contribution is -2.55. The van der Waals surface area contributed by atoms with Crippen molar-refractivity contribution in [3.05, 3.63) is 119 Å². The highest BCUT2D eigenvalue weighted by Crippen LogP contribution is 2.44. The van der Waals surface area contributed by atoms with Crippen molar-refractivity contribution in [1.82, 2.24) is 20.0 Å². The van der Waals surface area contributed by atoms with Crippen LogP contribution < -0.4 is 15.5 Å². The first-order valence-corrected chi connectivity index (χ1v) is 16.3. The van der Waals surface area contributed by atoms with Crippen molar-refractivity contribution < 1.29 is 36.3 Å². The average Bonchev–Trinajstić information content (AvgIpc) is 3.62. The van der Waals surface area contributed by atoms with Gasteiger partial charge in [-0.25, -0.2) is 13.5 Å². The van der Waals surface area contributed by atoms with Crippen LogP contribution in [-0.4, -0.2) is 70.5 Å². The summed E-state index contributed by atoms with van der Waals surface area (Å²) in [5.74, 6) is -5.24. The van der Waals surface area contributed by atoms with E-state index >= 15 is 0 Å². The highest BCUT2D eigenvalue weighted by molar-refractivity contribution is 6.06. The number of carbonyl (C=O) groups excluding carboxylic acids is 3. The number of hydrogen-bond donors (Lipinski definition) is 2. The molecule has 2 atom stereocenters. The zero-order valence-corrected chi connectivity index (χ0v) is 27.8. The number of aromatic nitrogens is 2. The van der Waals surface area contributed by atoms with E-state index in [1.165, 1.54) is 15.9 Å². The summed E-state index contributed by atoms with van der Waals surface area (Å²) >= 11 is 0. The van der Waals surface area contributed by atoms with Crippen molar-refractivity contribution in [2.45, 2.75) is 44.3 Å². The third-order valence-electron chi connectivity index (χ3n) is 9.06. The fraction of sp³-hybridized carbons (Fsp3) is 0.297. The maximum absolute atomic E-state index is 14.4. The van der Waals surface area contributed by atoms with Crippen LogP contribution in [0, 0.1) is 6.92 Å². The van der Waals surface area contributed by atoms with E-state index in [2.05, 4.69) is 17.2 Å². The third kappa shape index (κ3) is 7.27. The standard InChI is InChI=1S/C37H35F5N6O3/c1-4-47-34-29(23(3)45-48(34)28-14-6-5-7-15-28)30(31(35(47)51)44-33(50)25-11-8-12-26(18-25)37(40,41)42)24-10-9-13-27(19-24)43-32(49)22(2)20-46-17-16-36(38,39)21-46/h5-15,18-19,30-31H,2,4,16-17,20-21H2,1,3H3,(H,43,49)(H,44,50)/t30-,31+/m1/s1. The molecule has 1 aromatic heterocycles. The summed E-state index contributed by atoms with van der Waals surface area (Å²) in [5, 5.41) is 10.3. The van der Waals surface area contributed by atoms with Crippen LogP contribution in [0.15, 0.2) is 91.0 Å². The number of anilines is 2. The van der Waals surface area contributed by atoms with Gasteiger partial charge in [0.25, 0.3) is 23.6 Å². The van der Waals surface area contributed by atoms with E-state index in [1.54, 1.807) is 42.8 Å². The summed E-state index contributed by atoms with van der Waals surface area (Å²) in [5.41, 5.74) is 1.40. The molecule has 0 unspecified atom stereocenters. The quantitative estimate of drug-likeness (QED) is 0.157. The molecule has 4 aromatic rings. The summed E-state index contributed by atoms with van der Waals surface area (Å²) in [4.78, 5) is 44.1. The lowest BCUT2D eigenvalue weighted by molar-refractivity contribution is -0.137. The predicted octanol–water partition coefficient (Wildman–Crippen LogP) is 6.33. The third-order valence-corrected chi connectivity index (χ3v) is 9.06. The number of benzene rings is 3. The molecule has 6 rings (SSSR count). The number of rotatable bonds is 9. The van der Waals surface area contributed by atoms with Crippen LogP contribution in [0.1, 0.15) is 52.0 Å². The van der Waals surface area contributed by atoms with Crippen molar-refractivity contribution in [2.75, 3.05) is 36.4 Å². The zero-order valence-electron chi connectivity index (χ0n) is 27.8. The van der Waals surface area contributed by atoms with E-state index in [1.807, 2.05) is 30.3 Å². The number of fused-ring (bicyclic) bond motifs is 1. The maximum Gasteiger partial charge on any atom is 0.416 e. The number of para-hydroxylation sites is 1. The van der Waals surface area contributed by atoms with Gasteiger partial charge in [0.05, 0.1) is 23.5 Å². The first kappa shape index (κ1) is 35.5. The summed E-state index contributed by atoms with van der Waals surface area (Å²) in [6, 6.07) is 18.4. The molecule has 0 radical (unpaired) electrons. The monoisotopic (exact) mass is 706 g/mol. The predicted molar refractivity (Wildman–Crippen MR) is 181 cm³/mol. The van der Waals surface area contributed by atoms with Gasteiger partial charge in [0, 0.05) is 54.4 Å². The van der Waals surface area contributed by atoms with Gasteiger partial charge >= 0.3 is 6.18 Å². The molecule has 2 aliphatic heterocycles. The van der Waals surface area contributed by atoms with E-state index in [0.29, 0.717) is 34.0 Å². The second kappa shape index (κ2) is 13.7. The number of halogens is 5.